The highest BCUT2D eigenvalue weighted by atomic mass is 16.3. The first kappa shape index (κ1) is 16.9. The lowest BCUT2D eigenvalue weighted by Gasteiger charge is -2.16. The molecule has 2 heterocycles. The number of nitrogens with zero attached hydrogens (tertiary/aromatic N) is 3. The molecule has 0 saturated heterocycles. The van der Waals surface area contributed by atoms with Gasteiger partial charge in [0, 0.05) is 16.4 Å². The van der Waals surface area contributed by atoms with Gasteiger partial charge in [0.25, 0.3) is 12.1 Å². The zero-order valence-corrected chi connectivity index (χ0v) is 15.1. The van der Waals surface area contributed by atoms with Crippen molar-refractivity contribution in [2.45, 2.75) is 24.8 Å². The number of carbonyl (C=O) groups is 1. The Labute approximate surface area is 160 Å². The van der Waals surface area contributed by atoms with Crippen LogP contribution in [0.4, 0.5) is 0 Å². The van der Waals surface area contributed by atoms with E-state index in [2.05, 4.69) is 15.4 Å². The lowest BCUT2D eigenvalue weighted by Crippen LogP contribution is -2.31. The number of carbonyl (C=O) groups excluding carboxylic acids is 1. The number of hydrogen-bond donors (Lipinski definition) is 3. The monoisotopic (exact) mass is 378 g/mol. The number of nitrogens with one attached hydrogen (secondary N) is 2. The van der Waals surface area contributed by atoms with Gasteiger partial charge in [-0.1, -0.05) is 30.3 Å². The Balaban J connectivity index is 1.51. The Kier molecular flexibility index (Phi) is 3.87. The van der Waals surface area contributed by atoms with Gasteiger partial charge >= 0.3 is 0 Å². The van der Waals surface area contributed by atoms with E-state index in [0.29, 0.717) is 27.8 Å². The molecule has 28 heavy (non-hydrogen) atoms. The number of amides is 1. The van der Waals surface area contributed by atoms with Gasteiger partial charge in [0.05, 0.1) is 29.0 Å². The van der Waals surface area contributed by atoms with Crippen molar-refractivity contribution >= 4 is 5.91 Å². The van der Waals surface area contributed by atoms with Gasteiger partial charge in [-0.2, -0.15) is 5.10 Å². The van der Waals surface area contributed by atoms with Crippen molar-refractivity contribution in [2.75, 3.05) is 6.61 Å². The molecule has 8 nitrogen and oxygen atoms in total. The Morgan fingerprint density at radius 3 is 2.96 bits per heavy atom. The molecule has 3 unspecified atom stereocenters. The topological polar surface area (TPSA) is 106 Å². The first-order valence-corrected chi connectivity index (χ1v) is 9.35. The third-order valence-electron chi connectivity index (χ3n) is 5.60. The van der Waals surface area contributed by atoms with Crippen LogP contribution in [-0.4, -0.2) is 32.4 Å². The zero-order chi connectivity index (χ0) is 19.3. The molecule has 3 atom stereocenters. The lowest BCUT2D eigenvalue weighted by atomic mass is 10.1. The molecule has 2 aliphatic carbocycles. The molecule has 3 N–H and O–H groups in total. The fraction of sp³-hybridized carbons (Fsp3) is 0.300. The second-order valence-corrected chi connectivity index (χ2v) is 7.38. The Morgan fingerprint density at radius 2 is 2.21 bits per heavy atom. The van der Waals surface area contributed by atoms with Gasteiger partial charge in [0.2, 0.25) is 12.0 Å². The fourth-order valence-electron chi connectivity index (χ4n) is 4.14. The summed E-state index contributed by atoms with van der Waals surface area (Å²) in [5, 5.41) is 17.2. The smallest absolute Gasteiger partial charge is 0.272 e. The van der Waals surface area contributed by atoms with Crippen molar-refractivity contribution in [3.63, 3.8) is 0 Å². The number of aliphatic hydroxyl groups excluding tert-OH is 1. The minimum Gasteiger partial charge on any atom is -0.394 e. The molecule has 1 saturated carbocycles. The average Bonchev–Trinajstić information content (AvgIpc) is 3.21. The molecule has 1 fully saturated rings. The molecule has 0 bridgehead atoms. The van der Waals surface area contributed by atoms with Gasteiger partial charge in [0.15, 0.2) is 5.69 Å². The highest BCUT2D eigenvalue weighted by Gasteiger charge is 2.50. The molecule has 8 heteroatoms. The maximum Gasteiger partial charge on any atom is 0.272 e. The fourth-order valence-corrected chi connectivity index (χ4v) is 4.14. The summed E-state index contributed by atoms with van der Waals surface area (Å²) < 4.78 is 2.39. The molecular formula is C20H20N5O3+. The van der Waals surface area contributed by atoms with E-state index in [4.69, 9.17) is 0 Å². The van der Waals surface area contributed by atoms with E-state index in [1.165, 1.54) is 12.4 Å². The lowest BCUT2D eigenvalue weighted by molar-refractivity contribution is -0.495. The third kappa shape index (κ3) is 2.73. The Bertz CT molecular complexity index is 1100. The molecule has 1 amide bonds. The van der Waals surface area contributed by atoms with Crippen molar-refractivity contribution in [3.05, 3.63) is 76.3 Å². The second kappa shape index (κ2) is 6.42. The molecule has 0 radical (unpaired) electrons. The van der Waals surface area contributed by atoms with Crippen LogP contribution in [0, 0.1) is 10.8 Å². The Morgan fingerprint density at radius 1 is 1.39 bits per heavy atom. The minimum absolute atomic E-state index is 0.202. The van der Waals surface area contributed by atoms with E-state index in [9.17, 15) is 14.8 Å². The first-order valence-electron chi connectivity index (χ1n) is 9.35. The van der Waals surface area contributed by atoms with Crippen molar-refractivity contribution in [1.29, 1.82) is 0 Å². The summed E-state index contributed by atoms with van der Waals surface area (Å²) in [5.74, 6) is 1.16. The molecule has 0 spiro atoms. The predicted octanol–water partition coefficient (Wildman–Crippen LogP) is 1.24. The van der Waals surface area contributed by atoms with E-state index in [1.54, 1.807) is 10.9 Å². The van der Waals surface area contributed by atoms with E-state index >= 15 is 0 Å². The number of hydrogen-bond acceptors (Lipinski definition) is 4. The van der Waals surface area contributed by atoms with Gasteiger partial charge in [0.1, 0.15) is 0 Å². The average molecular weight is 378 g/mol. The van der Waals surface area contributed by atoms with E-state index in [1.807, 2.05) is 30.3 Å². The molecule has 1 aromatic carbocycles. The number of aromatic nitrogens is 4. The van der Waals surface area contributed by atoms with Crippen LogP contribution in [0.2, 0.25) is 0 Å². The van der Waals surface area contributed by atoms with Crippen LogP contribution < -0.4 is 9.74 Å². The van der Waals surface area contributed by atoms with Gasteiger partial charge in [-0.15, -0.1) is 0 Å². The van der Waals surface area contributed by atoms with Gasteiger partial charge in [-0.05, 0) is 24.3 Å². The summed E-state index contributed by atoms with van der Waals surface area (Å²) in [4.78, 5) is 27.7. The minimum atomic E-state index is -0.502. The standard InChI is InChI=1S/C20H19N5O3/c26-11-16(12-4-2-1-3-5-12)22-20(27)18-15-9-13-8-14(13)19(15)25(23-18)17-10-24(28)7-6-21-17/h1-7,10,13-14,16,26H,8-9,11H2,(H-,21,22,27,28)/p+1. The van der Waals surface area contributed by atoms with Crippen molar-refractivity contribution in [1.82, 2.24) is 20.1 Å². The van der Waals surface area contributed by atoms with Gasteiger partial charge in [-0.3, -0.25) is 4.79 Å². The normalized spacial score (nSPS) is 20.3. The van der Waals surface area contributed by atoms with Crippen LogP contribution in [0.25, 0.3) is 5.82 Å². The number of benzene rings is 1. The quantitative estimate of drug-likeness (QED) is 0.581. The van der Waals surface area contributed by atoms with Gasteiger partial charge < -0.3 is 15.4 Å². The maximum absolute atomic E-state index is 13.0. The second-order valence-electron chi connectivity index (χ2n) is 7.38. The number of fused-ring (bicyclic) bond motifs is 3. The molecule has 2 aromatic heterocycles. The van der Waals surface area contributed by atoms with Crippen LogP contribution >= 0.6 is 0 Å². The highest BCUT2D eigenvalue weighted by Crippen LogP contribution is 2.57. The molecule has 5 rings (SSSR count). The number of H-pyrrole nitrogens is 1. The molecular weight excluding hydrogens is 358 g/mol. The zero-order valence-electron chi connectivity index (χ0n) is 15.1. The number of aliphatic hydroxyl groups is 1. The van der Waals surface area contributed by atoms with Crippen molar-refractivity contribution < 1.29 is 14.3 Å². The van der Waals surface area contributed by atoms with Crippen LogP contribution in [0.5, 0.6) is 0 Å². The summed E-state index contributed by atoms with van der Waals surface area (Å²) in [6, 6.07) is 8.86. The van der Waals surface area contributed by atoms with Crippen LogP contribution in [-0.2, 0) is 6.42 Å². The summed E-state index contributed by atoms with van der Waals surface area (Å²) in [6.45, 7) is -0.202. The van der Waals surface area contributed by atoms with Crippen LogP contribution in [0.3, 0.4) is 0 Å². The first-order chi connectivity index (χ1) is 13.7. The van der Waals surface area contributed by atoms with E-state index in [0.717, 1.165) is 29.7 Å². The van der Waals surface area contributed by atoms with E-state index in [-0.39, 0.29) is 12.5 Å². The largest absolute Gasteiger partial charge is 0.394 e. The third-order valence-corrected chi connectivity index (χ3v) is 5.60. The number of aromatic amines is 1. The summed E-state index contributed by atoms with van der Waals surface area (Å²) >= 11 is 0. The van der Waals surface area contributed by atoms with Crippen LogP contribution in [0.15, 0.2) is 48.9 Å². The predicted molar refractivity (Wildman–Crippen MR) is 99.6 cm³/mol. The molecule has 0 aliphatic heterocycles. The summed E-state index contributed by atoms with van der Waals surface area (Å²) in [6.07, 6.45) is 6.24. The summed E-state index contributed by atoms with van der Waals surface area (Å²) in [7, 11) is 0. The van der Waals surface area contributed by atoms with Crippen molar-refractivity contribution in [3.8, 4) is 5.82 Å². The van der Waals surface area contributed by atoms with E-state index < -0.39 is 6.04 Å². The maximum atomic E-state index is 13.0. The summed E-state index contributed by atoms with van der Waals surface area (Å²) in [5.41, 5.74) is 3.16. The number of rotatable bonds is 5. The van der Waals surface area contributed by atoms with Gasteiger partial charge in [-0.25, -0.2) is 4.68 Å². The van der Waals surface area contributed by atoms with Crippen LogP contribution in [0.1, 0.15) is 45.7 Å². The molecule has 2 aliphatic rings. The molecule has 142 valence electrons. The highest BCUT2D eigenvalue weighted by molar-refractivity contribution is 5.94. The molecule has 3 aromatic rings. The van der Waals surface area contributed by atoms with Crippen molar-refractivity contribution in [2.24, 2.45) is 5.92 Å². The SMILES string of the molecule is O=C(NC(CO)c1ccccc1)c1nn(-c2c[n+](=O)cc[nH]2)c2c1CC1CC21. The Hall–Kier alpha value is -3.26.